The predicted molar refractivity (Wildman–Crippen MR) is 96.7 cm³/mol. The first kappa shape index (κ1) is 18.1. The summed E-state index contributed by atoms with van der Waals surface area (Å²) in [6.45, 7) is 2.26. The second kappa shape index (κ2) is 7.37. The van der Waals surface area contributed by atoms with E-state index in [1.54, 1.807) is 12.4 Å². The van der Waals surface area contributed by atoms with Crippen molar-refractivity contribution in [3.8, 4) is 11.3 Å². The quantitative estimate of drug-likeness (QED) is 0.684. The average molecular weight is 387 g/mol. The van der Waals surface area contributed by atoms with Gasteiger partial charge in [-0.15, -0.1) is 10.2 Å². The molecule has 144 valence electrons. The average Bonchev–Trinajstić information content (AvgIpc) is 2.74. The van der Waals surface area contributed by atoms with Crippen LogP contribution in [-0.4, -0.2) is 51.3 Å². The van der Waals surface area contributed by atoms with Crippen LogP contribution in [0.25, 0.3) is 11.3 Å². The number of rotatable bonds is 3. The number of hydrogen-bond donors (Lipinski definition) is 0. The van der Waals surface area contributed by atoms with Gasteiger partial charge >= 0.3 is 6.18 Å². The highest BCUT2D eigenvalue weighted by Crippen LogP contribution is 2.29. The molecule has 7 nitrogen and oxygen atoms in total. The summed E-state index contributed by atoms with van der Waals surface area (Å²) in [6.07, 6.45) is -0.113. The molecule has 0 spiro atoms. The molecule has 28 heavy (non-hydrogen) atoms. The fourth-order valence-electron chi connectivity index (χ4n) is 3.00. The Balaban J connectivity index is 1.42. The minimum Gasteiger partial charge on any atom is -0.353 e. The van der Waals surface area contributed by atoms with E-state index in [1.807, 2.05) is 34.1 Å². The van der Waals surface area contributed by atoms with Crippen molar-refractivity contribution in [1.82, 2.24) is 25.1 Å². The lowest BCUT2D eigenvalue weighted by atomic mass is 10.2. The molecule has 1 aliphatic heterocycles. The van der Waals surface area contributed by atoms with Gasteiger partial charge in [-0.1, -0.05) is 0 Å². The Kier molecular flexibility index (Phi) is 4.76. The van der Waals surface area contributed by atoms with E-state index in [4.69, 9.17) is 0 Å². The first-order valence-corrected chi connectivity index (χ1v) is 8.64. The van der Waals surface area contributed by atoms with Gasteiger partial charge in [0.25, 0.3) is 0 Å². The van der Waals surface area contributed by atoms with Crippen molar-refractivity contribution in [2.24, 2.45) is 0 Å². The summed E-state index contributed by atoms with van der Waals surface area (Å²) in [5.74, 6) is 1.01. The van der Waals surface area contributed by atoms with E-state index in [0.717, 1.165) is 29.5 Å². The van der Waals surface area contributed by atoms with E-state index >= 15 is 0 Å². The van der Waals surface area contributed by atoms with Crippen LogP contribution in [0.5, 0.6) is 0 Å². The van der Waals surface area contributed by atoms with Crippen molar-refractivity contribution in [2.75, 3.05) is 36.0 Å². The summed E-state index contributed by atoms with van der Waals surface area (Å²) in [7, 11) is 0. The second-order valence-electron chi connectivity index (χ2n) is 6.25. The highest BCUT2D eigenvalue weighted by molar-refractivity contribution is 5.58. The molecule has 3 aromatic heterocycles. The molecule has 4 rings (SSSR count). The SMILES string of the molecule is FC(F)(F)c1cc(N2CCN(c3ccc(-c4cccnc4)nn3)CC2)ncn1. The Morgan fingerprint density at radius 1 is 0.857 bits per heavy atom. The van der Waals surface area contributed by atoms with E-state index < -0.39 is 11.9 Å². The molecule has 0 atom stereocenters. The maximum Gasteiger partial charge on any atom is 0.433 e. The van der Waals surface area contributed by atoms with E-state index in [-0.39, 0.29) is 5.82 Å². The summed E-state index contributed by atoms with van der Waals surface area (Å²) in [4.78, 5) is 15.2. The van der Waals surface area contributed by atoms with E-state index in [2.05, 4.69) is 25.1 Å². The summed E-state index contributed by atoms with van der Waals surface area (Å²) >= 11 is 0. The Bertz CT molecular complexity index is 924. The summed E-state index contributed by atoms with van der Waals surface area (Å²) in [6, 6.07) is 8.50. The molecule has 0 aromatic carbocycles. The Labute approximate surface area is 158 Å². The van der Waals surface area contributed by atoms with Gasteiger partial charge in [0.05, 0.1) is 5.69 Å². The second-order valence-corrected chi connectivity index (χ2v) is 6.25. The maximum absolute atomic E-state index is 12.8. The normalized spacial score (nSPS) is 15.0. The van der Waals surface area contributed by atoms with E-state index in [9.17, 15) is 13.2 Å². The number of piperazine rings is 1. The van der Waals surface area contributed by atoms with Crippen LogP contribution in [0.4, 0.5) is 24.8 Å². The first-order chi connectivity index (χ1) is 13.5. The molecule has 0 bridgehead atoms. The van der Waals surface area contributed by atoms with Gasteiger partial charge in [0.1, 0.15) is 17.8 Å². The molecule has 1 fully saturated rings. The third kappa shape index (κ3) is 3.85. The minimum absolute atomic E-state index is 0.278. The number of alkyl halides is 3. The van der Waals surface area contributed by atoms with Crippen molar-refractivity contribution in [1.29, 1.82) is 0 Å². The molecule has 10 heteroatoms. The number of pyridine rings is 1. The van der Waals surface area contributed by atoms with Gasteiger partial charge in [0, 0.05) is 50.2 Å². The first-order valence-electron chi connectivity index (χ1n) is 8.64. The van der Waals surface area contributed by atoms with Gasteiger partial charge in [-0.05, 0) is 24.3 Å². The van der Waals surface area contributed by atoms with Gasteiger partial charge in [0.2, 0.25) is 0 Å². The van der Waals surface area contributed by atoms with Crippen LogP contribution in [-0.2, 0) is 6.18 Å². The third-order valence-electron chi connectivity index (χ3n) is 4.48. The van der Waals surface area contributed by atoms with Gasteiger partial charge in [-0.2, -0.15) is 13.2 Å². The van der Waals surface area contributed by atoms with Crippen molar-refractivity contribution < 1.29 is 13.2 Å². The molecule has 1 aliphatic rings. The number of nitrogens with zero attached hydrogens (tertiary/aromatic N) is 7. The number of aromatic nitrogens is 5. The van der Waals surface area contributed by atoms with E-state index in [1.165, 1.54) is 0 Å². The highest BCUT2D eigenvalue weighted by atomic mass is 19.4. The van der Waals surface area contributed by atoms with Crippen LogP contribution in [0.3, 0.4) is 0 Å². The molecule has 0 N–H and O–H groups in total. The van der Waals surface area contributed by atoms with Crippen molar-refractivity contribution in [3.05, 3.63) is 54.7 Å². The van der Waals surface area contributed by atoms with Gasteiger partial charge in [0.15, 0.2) is 5.82 Å². The van der Waals surface area contributed by atoms with Crippen molar-refractivity contribution >= 4 is 11.6 Å². The summed E-state index contributed by atoms with van der Waals surface area (Å²) in [5, 5.41) is 8.53. The molecule has 0 aliphatic carbocycles. The lowest BCUT2D eigenvalue weighted by molar-refractivity contribution is -0.141. The molecular formula is C18H16F3N7. The van der Waals surface area contributed by atoms with E-state index in [0.29, 0.717) is 26.2 Å². The van der Waals surface area contributed by atoms with Crippen molar-refractivity contribution in [2.45, 2.75) is 6.18 Å². The molecule has 0 unspecified atom stereocenters. The van der Waals surface area contributed by atoms with Crippen molar-refractivity contribution in [3.63, 3.8) is 0 Å². The lowest BCUT2D eigenvalue weighted by Crippen LogP contribution is -2.47. The zero-order chi connectivity index (χ0) is 19.6. The zero-order valence-electron chi connectivity index (χ0n) is 14.7. The number of anilines is 2. The Morgan fingerprint density at radius 2 is 1.61 bits per heavy atom. The standard InChI is InChI=1S/C18H16F3N7/c19-18(20,21)15-10-17(24-12-23-15)28-8-6-27(7-9-28)16-4-3-14(25-26-16)13-2-1-5-22-11-13/h1-5,10-12H,6-9H2. The number of hydrogen-bond acceptors (Lipinski definition) is 7. The van der Waals surface area contributed by atoms with Crippen LogP contribution in [0, 0.1) is 0 Å². The predicted octanol–water partition coefficient (Wildman–Crippen LogP) is 2.67. The van der Waals surface area contributed by atoms with Crippen LogP contribution in [0.15, 0.2) is 49.1 Å². The third-order valence-corrected chi connectivity index (χ3v) is 4.48. The Morgan fingerprint density at radius 3 is 2.21 bits per heavy atom. The van der Waals surface area contributed by atoms with Crippen LogP contribution >= 0.6 is 0 Å². The fraction of sp³-hybridized carbons (Fsp3) is 0.278. The maximum atomic E-state index is 12.8. The molecule has 0 amide bonds. The van der Waals surface area contributed by atoms with Gasteiger partial charge in [-0.3, -0.25) is 4.98 Å². The van der Waals surface area contributed by atoms with Crippen LogP contribution in [0.2, 0.25) is 0 Å². The van der Waals surface area contributed by atoms with Gasteiger partial charge < -0.3 is 9.80 Å². The molecule has 4 heterocycles. The van der Waals surface area contributed by atoms with Crippen LogP contribution in [0.1, 0.15) is 5.69 Å². The molecular weight excluding hydrogens is 371 g/mol. The zero-order valence-corrected chi connectivity index (χ0v) is 14.7. The molecule has 1 saturated heterocycles. The number of halogens is 3. The Hall–Kier alpha value is -3.30. The topological polar surface area (TPSA) is 70.9 Å². The summed E-state index contributed by atoms with van der Waals surface area (Å²) in [5.41, 5.74) is 0.684. The monoisotopic (exact) mass is 387 g/mol. The largest absolute Gasteiger partial charge is 0.433 e. The fourth-order valence-corrected chi connectivity index (χ4v) is 3.00. The smallest absolute Gasteiger partial charge is 0.353 e. The van der Waals surface area contributed by atoms with Gasteiger partial charge in [-0.25, -0.2) is 9.97 Å². The molecule has 0 saturated carbocycles. The minimum atomic E-state index is -4.48. The lowest BCUT2D eigenvalue weighted by Gasteiger charge is -2.35. The highest BCUT2D eigenvalue weighted by Gasteiger charge is 2.33. The molecule has 0 radical (unpaired) electrons. The molecule has 3 aromatic rings. The summed E-state index contributed by atoms with van der Waals surface area (Å²) < 4.78 is 38.5. The van der Waals surface area contributed by atoms with Crippen LogP contribution < -0.4 is 9.80 Å².